The Kier molecular flexibility index (Phi) is 3.54. The Hall–Kier alpha value is -1.85. The molecule has 134 valence electrons. The number of allylic oxidation sites excluding steroid dienone is 1. The van der Waals surface area contributed by atoms with Crippen molar-refractivity contribution in [3.63, 3.8) is 0 Å². The van der Waals surface area contributed by atoms with E-state index in [1.54, 1.807) is 6.08 Å². The number of ketones is 1. The van der Waals surface area contributed by atoms with Gasteiger partial charge in [0.15, 0.2) is 17.3 Å². The van der Waals surface area contributed by atoms with Crippen molar-refractivity contribution < 1.29 is 20.1 Å². The number of fused-ring (bicyclic) bond motifs is 1. The van der Waals surface area contributed by atoms with E-state index in [0.717, 1.165) is 18.7 Å². The van der Waals surface area contributed by atoms with E-state index in [1.807, 2.05) is 6.07 Å². The van der Waals surface area contributed by atoms with Gasteiger partial charge in [0, 0.05) is 30.0 Å². The van der Waals surface area contributed by atoms with Crippen molar-refractivity contribution in [1.82, 2.24) is 4.90 Å². The molecule has 1 aliphatic heterocycles. The van der Waals surface area contributed by atoms with Crippen LogP contribution in [0.1, 0.15) is 37.8 Å². The molecule has 2 bridgehead atoms. The maximum atomic E-state index is 12.3. The van der Waals surface area contributed by atoms with Crippen molar-refractivity contribution in [2.75, 3.05) is 13.1 Å². The second-order valence-corrected chi connectivity index (χ2v) is 8.21. The lowest BCUT2D eigenvalue weighted by molar-refractivity contribution is -0.139. The van der Waals surface area contributed by atoms with Crippen molar-refractivity contribution in [3.8, 4) is 11.5 Å². The highest BCUT2D eigenvalue weighted by Gasteiger charge is 2.64. The molecule has 2 aliphatic carbocycles. The summed E-state index contributed by atoms with van der Waals surface area (Å²) in [5, 5.41) is 32.4. The largest absolute Gasteiger partial charge is 0.504 e. The molecule has 5 nitrogen and oxygen atoms in total. The Morgan fingerprint density at radius 2 is 2.08 bits per heavy atom. The maximum absolute atomic E-state index is 12.3. The Morgan fingerprint density at radius 3 is 2.80 bits per heavy atom. The Balaban J connectivity index is 1.95. The number of phenols is 2. The second kappa shape index (κ2) is 5.32. The van der Waals surface area contributed by atoms with Crippen LogP contribution in [0.3, 0.4) is 0 Å². The van der Waals surface area contributed by atoms with Crippen LogP contribution in [0, 0.1) is 5.92 Å². The summed E-state index contributed by atoms with van der Waals surface area (Å²) in [5.74, 6) is 0.0477. The molecule has 1 saturated heterocycles. The predicted molar refractivity (Wildman–Crippen MR) is 93.7 cm³/mol. The van der Waals surface area contributed by atoms with Gasteiger partial charge in [-0.2, -0.15) is 0 Å². The fraction of sp³-hybridized carbons (Fsp3) is 0.550. The van der Waals surface area contributed by atoms with E-state index < -0.39 is 11.0 Å². The molecule has 0 aromatic heterocycles. The lowest BCUT2D eigenvalue weighted by atomic mass is 9.51. The van der Waals surface area contributed by atoms with Gasteiger partial charge in [-0.25, -0.2) is 0 Å². The van der Waals surface area contributed by atoms with Gasteiger partial charge in [-0.1, -0.05) is 19.9 Å². The first-order chi connectivity index (χ1) is 11.8. The number of piperidine rings is 1. The molecule has 0 unspecified atom stereocenters. The van der Waals surface area contributed by atoms with Crippen LogP contribution in [-0.2, 0) is 16.6 Å². The van der Waals surface area contributed by atoms with Crippen molar-refractivity contribution in [2.45, 2.75) is 50.2 Å². The van der Waals surface area contributed by atoms with Crippen molar-refractivity contribution in [1.29, 1.82) is 0 Å². The highest BCUT2D eigenvalue weighted by molar-refractivity contribution is 5.93. The van der Waals surface area contributed by atoms with Crippen LogP contribution in [-0.4, -0.2) is 50.7 Å². The minimum Gasteiger partial charge on any atom is -0.504 e. The number of likely N-dealkylation sites (tertiary alicyclic amines) is 1. The number of benzene rings is 1. The van der Waals surface area contributed by atoms with Crippen LogP contribution >= 0.6 is 0 Å². The molecule has 0 spiro atoms. The molecule has 1 aromatic rings. The third kappa shape index (κ3) is 2.12. The minimum absolute atomic E-state index is 0.0451. The zero-order valence-electron chi connectivity index (χ0n) is 14.7. The lowest BCUT2D eigenvalue weighted by Gasteiger charge is -2.61. The van der Waals surface area contributed by atoms with Gasteiger partial charge in [0.1, 0.15) is 5.60 Å². The summed E-state index contributed by atoms with van der Waals surface area (Å²) in [6.07, 6.45) is 4.45. The van der Waals surface area contributed by atoms with Gasteiger partial charge in [0.25, 0.3) is 0 Å². The number of carbonyl (C=O) groups is 1. The number of carbonyl (C=O) groups excluding carboxylic acids is 1. The first-order valence-corrected chi connectivity index (χ1v) is 9.01. The van der Waals surface area contributed by atoms with Gasteiger partial charge in [-0.3, -0.25) is 9.69 Å². The Morgan fingerprint density at radius 1 is 1.32 bits per heavy atom. The van der Waals surface area contributed by atoms with Gasteiger partial charge < -0.3 is 15.3 Å². The summed E-state index contributed by atoms with van der Waals surface area (Å²) in [6, 6.07) is 3.18. The van der Waals surface area contributed by atoms with Crippen molar-refractivity contribution in [3.05, 3.63) is 35.4 Å². The molecule has 25 heavy (non-hydrogen) atoms. The van der Waals surface area contributed by atoms with Crippen molar-refractivity contribution in [2.24, 2.45) is 5.92 Å². The zero-order chi connectivity index (χ0) is 18.0. The third-order valence-electron chi connectivity index (χ3n) is 6.27. The van der Waals surface area contributed by atoms with Gasteiger partial charge in [0.05, 0.1) is 0 Å². The van der Waals surface area contributed by atoms with Gasteiger partial charge in [-0.15, -0.1) is 0 Å². The van der Waals surface area contributed by atoms with E-state index in [9.17, 15) is 20.1 Å². The number of nitrogens with zero attached hydrogens (tertiary/aromatic N) is 1. The van der Waals surface area contributed by atoms with E-state index in [4.69, 9.17) is 0 Å². The average molecular weight is 343 g/mol. The zero-order valence-corrected chi connectivity index (χ0v) is 14.7. The van der Waals surface area contributed by atoms with Crippen LogP contribution in [0.5, 0.6) is 11.5 Å². The fourth-order valence-electron chi connectivity index (χ4n) is 5.28. The number of phenolic OH excluding ortho intramolecular Hbond substituents is 2. The smallest absolute Gasteiger partial charge is 0.161 e. The first kappa shape index (κ1) is 16.6. The van der Waals surface area contributed by atoms with Crippen LogP contribution in [0.2, 0.25) is 0 Å². The Bertz CT molecular complexity index is 771. The number of hydrogen-bond acceptors (Lipinski definition) is 5. The minimum atomic E-state index is -1.22. The molecule has 3 aliphatic rings. The summed E-state index contributed by atoms with van der Waals surface area (Å²) in [7, 11) is 0. The standard InChI is InChI=1S/C20H25NO4/c1-12(2)11-21-8-7-19-10-14(22)5-6-20(19,25)16(21)9-13-3-4-15(23)18(24)17(13)19/h3-6,12,16,23-25H,7-11H2,1-2H3/t16-,19-,20-/m1/s1. The predicted octanol–water partition coefficient (Wildman–Crippen LogP) is 1.88. The fourth-order valence-corrected chi connectivity index (χ4v) is 5.28. The summed E-state index contributed by atoms with van der Waals surface area (Å²) < 4.78 is 0. The third-order valence-corrected chi connectivity index (χ3v) is 6.27. The number of aromatic hydroxyl groups is 2. The molecule has 1 fully saturated rings. The summed E-state index contributed by atoms with van der Waals surface area (Å²) in [4.78, 5) is 14.6. The molecular formula is C20H25NO4. The quantitative estimate of drug-likeness (QED) is 0.715. The van der Waals surface area contributed by atoms with E-state index in [-0.39, 0.29) is 29.7 Å². The lowest BCUT2D eigenvalue weighted by Crippen LogP contribution is -2.72. The van der Waals surface area contributed by atoms with E-state index in [0.29, 0.717) is 24.3 Å². The summed E-state index contributed by atoms with van der Waals surface area (Å²) in [6.45, 7) is 5.96. The molecule has 0 amide bonds. The molecule has 3 atom stereocenters. The molecule has 1 heterocycles. The van der Waals surface area contributed by atoms with Crippen molar-refractivity contribution >= 4 is 5.78 Å². The second-order valence-electron chi connectivity index (χ2n) is 8.21. The topological polar surface area (TPSA) is 81.0 Å². The summed E-state index contributed by atoms with van der Waals surface area (Å²) in [5.41, 5.74) is -0.602. The van der Waals surface area contributed by atoms with E-state index in [2.05, 4.69) is 18.7 Å². The molecule has 0 radical (unpaired) electrons. The molecule has 4 rings (SSSR count). The SMILES string of the molecule is CC(C)CN1CC[C@]23CC(=O)C=C[C@@]2(O)[C@H]1Cc1ccc(O)c(O)c13. The maximum Gasteiger partial charge on any atom is 0.161 e. The molecular weight excluding hydrogens is 318 g/mol. The number of aliphatic hydroxyl groups is 1. The van der Waals surface area contributed by atoms with Crippen LogP contribution < -0.4 is 0 Å². The average Bonchev–Trinajstić information content (AvgIpc) is 2.53. The highest BCUT2D eigenvalue weighted by atomic mass is 16.3. The molecule has 1 aromatic carbocycles. The monoisotopic (exact) mass is 343 g/mol. The van der Waals surface area contributed by atoms with Gasteiger partial charge in [0.2, 0.25) is 0 Å². The van der Waals surface area contributed by atoms with Crippen LogP contribution in [0.25, 0.3) is 0 Å². The normalized spacial score (nSPS) is 34.1. The number of hydrogen-bond donors (Lipinski definition) is 3. The first-order valence-electron chi connectivity index (χ1n) is 9.01. The molecule has 3 N–H and O–H groups in total. The van der Waals surface area contributed by atoms with E-state index >= 15 is 0 Å². The Labute approximate surface area is 147 Å². The number of rotatable bonds is 2. The van der Waals surface area contributed by atoms with Crippen LogP contribution in [0.4, 0.5) is 0 Å². The molecule has 5 heteroatoms. The van der Waals surface area contributed by atoms with Gasteiger partial charge in [-0.05, 0) is 49.1 Å². The summed E-state index contributed by atoms with van der Waals surface area (Å²) >= 11 is 0. The van der Waals surface area contributed by atoms with E-state index in [1.165, 1.54) is 12.1 Å². The molecule has 0 saturated carbocycles. The van der Waals surface area contributed by atoms with Crippen LogP contribution in [0.15, 0.2) is 24.3 Å². The van der Waals surface area contributed by atoms with Gasteiger partial charge >= 0.3 is 0 Å². The highest BCUT2D eigenvalue weighted by Crippen LogP contribution is 2.58.